The van der Waals surface area contributed by atoms with Gasteiger partial charge in [0.2, 0.25) is 0 Å². The second-order valence-corrected chi connectivity index (χ2v) is 6.55. The number of hydrogen-bond acceptors (Lipinski definition) is 8. The average molecular weight is 371 g/mol. The lowest BCUT2D eigenvalue weighted by molar-refractivity contribution is -0.140. The van der Waals surface area contributed by atoms with Crippen LogP contribution in [0.25, 0.3) is 0 Å². The molecule has 0 radical (unpaired) electrons. The molecule has 10 heteroatoms. The quantitative estimate of drug-likeness (QED) is 0.600. The fourth-order valence-corrected chi connectivity index (χ4v) is 3.16. The zero-order valence-corrected chi connectivity index (χ0v) is 14.6. The second kappa shape index (κ2) is 7.21. The monoisotopic (exact) mass is 371 g/mol. The van der Waals surface area contributed by atoms with Crippen LogP contribution in [0.15, 0.2) is 34.4 Å². The van der Waals surface area contributed by atoms with Crippen LogP contribution in [0.4, 0.5) is 5.69 Å². The smallest absolute Gasteiger partial charge is 0.355 e. The van der Waals surface area contributed by atoms with E-state index in [1.165, 1.54) is 12.1 Å². The predicted molar refractivity (Wildman–Crippen MR) is 85.3 cm³/mol. The van der Waals surface area contributed by atoms with Crippen molar-refractivity contribution in [2.24, 2.45) is 0 Å². The van der Waals surface area contributed by atoms with Crippen molar-refractivity contribution in [2.45, 2.75) is 11.8 Å². The first-order valence-electron chi connectivity index (χ1n) is 7.04. The molecule has 0 aliphatic carbocycles. The number of nitrogens with zero attached hydrogens (tertiary/aromatic N) is 1. The molecule has 1 heterocycles. The number of ether oxygens (including phenoxy) is 3. The summed E-state index contributed by atoms with van der Waals surface area (Å²) in [4.78, 5) is 24.9. The fourth-order valence-electron chi connectivity index (χ4n) is 2.38. The number of carbonyl (C=O) groups is 2. The van der Waals surface area contributed by atoms with E-state index in [4.69, 9.17) is 9.47 Å². The lowest BCUT2D eigenvalue weighted by atomic mass is 10.1. The molecule has 0 atom stereocenters. The molecule has 1 aromatic carbocycles. The summed E-state index contributed by atoms with van der Waals surface area (Å²) in [7, 11) is -2.33. The summed E-state index contributed by atoms with van der Waals surface area (Å²) in [5, 5.41) is 0. The predicted octanol–water partition coefficient (Wildman–Crippen LogP) is 0.636. The fraction of sp³-hybridized carbons (Fsp3) is 0.333. The van der Waals surface area contributed by atoms with Crippen LogP contribution in [0.3, 0.4) is 0 Å². The molecular formula is C15H17NO8S. The van der Waals surface area contributed by atoms with E-state index in [1.54, 1.807) is 13.0 Å². The van der Waals surface area contributed by atoms with Crippen molar-refractivity contribution in [1.82, 2.24) is 0 Å². The van der Waals surface area contributed by atoms with Gasteiger partial charge >= 0.3 is 11.9 Å². The van der Waals surface area contributed by atoms with Crippen molar-refractivity contribution in [1.29, 1.82) is 0 Å². The Labute approximate surface area is 144 Å². The average Bonchev–Trinajstić information content (AvgIpc) is 2.58. The third kappa shape index (κ3) is 3.81. The Kier molecular flexibility index (Phi) is 5.45. The molecule has 0 aromatic heterocycles. The van der Waals surface area contributed by atoms with E-state index in [0.717, 1.165) is 19.1 Å². The SMILES string of the molecule is COC(=O)C1=C(C(=O)OC)N(c2ccc(C)cc2S(=O)(=O)O)COC1. The molecule has 1 aliphatic heterocycles. The molecule has 0 unspecified atom stereocenters. The zero-order chi connectivity index (χ0) is 18.8. The van der Waals surface area contributed by atoms with Gasteiger partial charge in [0, 0.05) is 0 Å². The third-order valence-corrected chi connectivity index (χ3v) is 4.40. The minimum atomic E-state index is -4.59. The lowest BCUT2D eigenvalue weighted by Crippen LogP contribution is -2.39. The van der Waals surface area contributed by atoms with Crippen LogP contribution in [-0.2, 0) is 33.9 Å². The maximum absolute atomic E-state index is 12.2. The molecule has 0 saturated carbocycles. The van der Waals surface area contributed by atoms with E-state index < -0.39 is 27.0 Å². The topological polar surface area (TPSA) is 119 Å². The number of methoxy groups -OCH3 is 2. The van der Waals surface area contributed by atoms with Gasteiger partial charge in [0.05, 0.1) is 32.1 Å². The highest BCUT2D eigenvalue weighted by Crippen LogP contribution is 2.32. The van der Waals surface area contributed by atoms with Crippen LogP contribution >= 0.6 is 0 Å². The van der Waals surface area contributed by atoms with E-state index in [0.29, 0.717) is 5.56 Å². The van der Waals surface area contributed by atoms with Gasteiger partial charge in [-0.25, -0.2) is 9.59 Å². The maximum atomic E-state index is 12.2. The highest BCUT2D eigenvalue weighted by Gasteiger charge is 2.34. The minimum absolute atomic E-state index is 0.0328. The highest BCUT2D eigenvalue weighted by atomic mass is 32.2. The van der Waals surface area contributed by atoms with Crippen molar-refractivity contribution in [3.8, 4) is 0 Å². The van der Waals surface area contributed by atoms with Crippen molar-refractivity contribution in [3.63, 3.8) is 0 Å². The number of aryl methyl sites for hydroxylation is 1. The summed E-state index contributed by atoms with van der Waals surface area (Å²) in [5.41, 5.74) is 0.206. The molecule has 136 valence electrons. The Bertz CT molecular complexity index is 843. The van der Waals surface area contributed by atoms with E-state index in [2.05, 4.69) is 4.74 Å². The lowest BCUT2D eigenvalue weighted by Gasteiger charge is -2.32. The van der Waals surface area contributed by atoms with E-state index >= 15 is 0 Å². The first-order chi connectivity index (χ1) is 11.7. The summed E-state index contributed by atoms with van der Waals surface area (Å²) >= 11 is 0. The number of benzene rings is 1. The molecule has 2 rings (SSSR count). The Morgan fingerprint density at radius 1 is 1.20 bits per heavy atom. The Morgan fingerprint density at radius 2 is 1.84 bits per heavy atom. The van der Waals surface area contributed by atoms with Gasteiger partial charge in [-0.15, -0.1) is 0 Å². The van der Waals surface area contributed by atoms with E-state index in [1.807, 2.05) is 0 Å². The van der Waals surface area contributed by atoms with Gasteiger partial charge in [-0.2, -0.15) is 8.42 Å². The summed E-state index contributed by atoms with van der Waals surface area (Å²) in [5.74, 6) is -1.68. The van der Waals surface area contributed by atoms with Crippen LogP contribution in [0.1, 0.15) is 5.56 Å². The van der Waals surface area contributed by atoms with Crippen LogP contribution in [0.5, 0.6) is 0 Å². The van der Waals surface area contributed by atoms with Gasteiger partial charge in [0.1, 0.15) is 17.3 Å². The summed E-state index contributed by atoms with van der Waals surface area (Å²) < 4.78 is 47.6. The number of esters is 2. The molecule has 0 fully saturated rings. The van der Waals surface area contributed by atoms with Crippen LogP contribution in [0.2, 0.25) is 0 Å². The molecule has 0 amide bonds. The van der Waals surface area contributed by atoms with Gasteiger partial charge in [0.25, 0.3) is 10.1 Å². The summed E-state index contributed by atoms with van der Waals surface area (Å²) in [6, 6.07) is 4.22. The number of anilines is 1. The molecule has 0 spiro atoms. The number of carbonyl (C=O) groups excluding carboxylic acids is 2. The Hall–Kier alpha value is -2.43. The van der Waals surface area contributed by atoms with Crippen LogP contribution in [-0.4, -0.2) is 52.5 Å². The Balaban J connectivity index is 2.73. The largest absolute Gasteiger partial charge is 0.466 e. The molecule has 0 bridgehead atoms. The summed E-state index contributed by atoms with van der Waals surface area (Å²) in [6.07, 6.45) is 0. The number of hydrogen-bond donors (Lipinski definition) is 1. The first-order valence-corrected chi connectivity index (χ1v) is 8.48. The van der Waals surface area contributed by atoms with E-state index in [9.17, 15) is 22.6 Å². The van der Waals surface area contributed by atoms with Gasteiger partial charge in [-0.05, 0) is 24.6 Å². The van der Waals surface area contributed by atoms with Crippen LogP contribution in [0, 0.1) is 6.92 Å². The maximum Gasteiger partial charge on any atom is 0.355 e. The molecule has 9 nitrogen and oxygen atoms in total. The van der Waals surface area contributed by atoms with Gasteiger partial charge in [-0.3, -0.25) is 4.55 Å². The van der Waals surface area contributed by atoms with Gasteiger partial charge in [0.15, 0.2) is 0 Å². The standard InChI is InChI=1S/C15H17NO8S/c1-9-4-5-11(12(6-9)25(19,20)21)16-8-24-7-10(14(17)22-2)13(16)15(18)23-3/h4-6H,7-8H2,1-3H3,(H,19,20,21). The second-order valence-electron chi connectivity index (χ2n) is 5.16. The van der Waals surface area contributed by atoms with Gasteiger partial charge < -0.3 is 19.1 Å². The van der Waals surface area contributed by atoms with Crippen molar-refractivity contribution >= 4 is 27.7 Å². The van der Waals surface area contributed by atoms with Crippen LogP contribution < -0.4 is 4.90 Å². The normalized spacial score (nSPS) is 15.1. The summed E-state index contributed by atoms with van der Waals surface area (Å²) in [6.45, 7) is 1.21. The first kappa shape index (κ1) is 18.9. The zero-order valence-electron chi connectivity index (χ0n) is 13.8. The van der Waals surface area contributed by atoms with Crippen molar-refractivity contribution < 1.29 is 36.8 Å². The van der Waals surface area contributed by atoms with E-state index in [-0.39, 0.29) is 30.3 Å². The van der Waals surface area contributed by atoms with Crippen molar-refractivity contribution in [2.75, 3.05) is 32.5 Å². The number of rotatable bonds is 4. The van der Waals surface area contributed by atoms with Gasteiger partial charge in [-0.1, -0.05) is 6.07 Å². The molecule has 1 aromatic rings. The highest BCUT2D eigenvalue weighted by molar-refractivity contribution is 7.86. The third-order valence-electron chi connectivity index (χ3n) is 3.52. The molecule has 1 aliphatic rings. The molecule has 1 N–H and O–H groups in total. The molecule has 0 saturated heterocycles. The molecular weight excluding hydrogens is 354 g/mol. The minimum Gasteiger partial charge on any atom is -0.466 e. The van der Waals surface area contributed by atoms with Crippen molar-refractivity contribution in [3.05, 3.63) is 35.0 Å². The Morgan fingerprint density at radius 3 is 2.40 bits per heavy atom. The molecule has 25 heavy (non-hydrogen) atoms.